The molecule has 0 aliphatic rings. The van der Waals surface area contributed by atoms with E-state index < -0.39 is 0 Å². The monoisotopic (exact) mass is 245 g/mol. The molecule has 2 N–H and O–H groups in total. The lowest BCUT2D eigenvalue weighted by Gasteiger charge is -2.09. The molecule has 0 aliphatic carbocycles. The van der Waals surface area contributed by atoms with Gasteiger partial charge < -0.3 is 14.9 Å². The summed E-state index contributed by atoms with van der Waals surface area (Å²) in [5.41, 5.74) is 6.93. The summed E-state index contributed by atoms with van der Waals surface area (Å²) in [7, 11) is 0. The minimum atomic E-state index is -0.106. The summed E-state index contributed by atoms with van der Waals surface area (Å²) in [5, 5.41) is 0. The Labute approximate surface area is 104 Å². The Balaban J connectivity index is 2.21. The van der Waals surface area contributed by atoms with E-state index in [1.54, 1.807) is 36.0 Å². The predicted molar refractivity (Wildman–Crippen MR) is 70.6 cm³/mol. The lowest BCUT2D eigenvalue weighted by atomic mass is 10.2. The summed E-state index contributed by atoms with van der Waals surface area (Å²) in [6.07, 6.45) is 3.32. The molecule has 94 valence electrons. The van der Waals surface area contributed by atoms with E-state index in [-0.39, 0.29) is 11.1 Å². The average molecular weight is 245 g/mol. The fourth-order valence-electron chi connectivity index (χ4n) is 1.72. The number of nitrogens with zero attached hydrogens (tertiary/aromatic N) is 2. The van der Waals surface area contributed by atoms with E-state index in [1.807, 2.05) is 0 Å². The lowest BCUT2D eigenvalue weighted by molar-refractivity contribution is 0.553. The third-order valence-corrected chi connectivity index (χ3v) is 2.85. The van der Waals surface area contributed by atoms with Gasteiger partial charge in [0, 0.05) is 37.6 Å². The predicted octanol–water partition coefficient (Wildman–Crippen LogP) is 0.601. The van der Waals surface area contributed by atoms with Crippen molar-refractivity contribution in [1.82, 2.24) is 9.13 Å². The molecule has 0 atom stereocenters. The molecule has 18 heavy (non-hydrogen) atoms. The van der Waals surface area contributed by atoms with Crippen molar-refractivity contribution in [2.45, 2.75) is 20.0 Å². The van der Waals surface area contributed by atoms with Gasteiger partial charge in [0.05, 0.1) is 5.69 Å². The van der Waals surface area contributed by atoms with Crippen LogP contribution in [0.5, 0.6) is 0 Å². The SMILES string of the molecule is Cc1cc(=O)n(CCn2ccccc2=O)cc1N. The average Bonchev–Trinajstić information content (AvgIpc) is 2.34. The molecule has 2 heterocycles. The quantitative estimate of drug-likeness (QED) is 0.861. The third kappa shape index (κ3) is 2.51. The van der Waals surface area contributed by atoms with Crippen LogP contribution < -0.4 is 16.9 Å². The molecule has 2 aromatic heterocycles. The number of hydrogen-bond acceptors (Lipinski definition) is 3. The Morgan fingerprint density at radius 2 is 1.83 bits per heavy atom. The van der Waals surface area contributed by atoms with E-state index in [1.165, 1.54) is 16.7 Å². The lowest BCUT2D eigenvalue weighted by Crippen LogP contribution is -2.26. The highest BCUT2D eigenvalue weighted by Gasteiger charge is 2.01. The highest BCUT2D eigenvalue weighted by atomic mass is 16.1. The van der Waals surface area contributed by atoms with E-state index in [2.05, 4.69) is 0 Å². The van der Waals surface area contributed by atoms with Crippen LogP contribution in [0.15, 0.2) is 46.2 Å². The Morgan fingerprint density at radius 1 is 1.11 bits per heavy atom. The van der Waals surface area contributed by atoms with Crippen molar-refractivity contribution in [2.75, 3.05) is 5.73 Å². The second-order valence-corrected chi connectivity index (χ2v) is 4.18. The maximum atomic E-state index is 11.7. The number of nitrogen functional groups attached to an aromatic ring is 1. The maximum absolute atomic E-state index is 11.7. The molecule has 2 rings (SSSR count). The van der Waals surface area contributed by atoms with E-state index in [9.17, 15) is 9.59 Å². The highest BCUT2D eigenvalue weighted by Crippen LogP contribution is 2.05. The van der Waals surface area contributed by atoms with Crippen molar-refractivity contribution in [2.24, 2.45) is 0 Å². The van der Waals surface area contributed by atoms with Crippen molar-refractivity contribution < 1.29 is 0 Å². The van der Waals surface area contributed by atoms with Crippen molar-refractivity contribution in [3.05, 3.63) is 62.9 Å². The zero-order valence-electron chi connectivity index (χ0n) is 10.2. The molecule has 5 nitrogen and oxygen atoms in total. The fraction of sp³-hybridized carbons (Fsp3) is 0.231. The van der Waals surface area contributed by atoms with Crippen LogP contribution in [0.25, 0.3) is 0 Å². The molecule has 0 fully saturated rings. The smallest absolute Gasteiger partial charge is 0.250 e. The van der Waals surface area contributed by atoms with Crippen LogP contribution in [-0.4, -0.2) is 9.13 Å². The first-order valence-corrected chi connectivity index (χ1v) is 5.70. The van der Waals surface area contributed by atoms with E-state index in [0.29, 0.717) is 18.8 Å². The molecule has 0 spiro atoms. The number of rotatable bonds is 3. The van der Waals surface area contributed by atoms with Gasteiger partial charge in [0.1, 0.15) is 0 Å². The van der Waals surface area contributed by atoms with Gasteiger partial charge in [0.2, 0.25) is 0 Å². The normalized spacial score (nSPS) is 10.5. The molecule has 0 unspecified atom stereocenters. The Morgan fingerprint density at radius 3 is 2.56 bits per heavy atom. The van der Waals surface area contributed by atoms with Crippen molar-refractivity contribution in [3.63, 3.8) is 0 Å². The number of pyridine rings is 2. The van der Waals surface area contributed by atoms with Crippen LogP contribution in [-0.2, 0) is 13.1 Å². The summed E-state index contributed by atoms with van der Waals surface area (Å²) < 4.78 is 3.07. The van der Waals surface area contributed by atoms with Gasteiger partial charge in [0.25, 0.3) is 11.1 Å². The zero-order chi connectivity index (χ0) is 13.1. The molecule has 2 aromatic rings. The highest BCUT2D eigenvalue weighted by molar-refractivity contribution is 5.42. The first-order valence-electron chi connectivity index (χ1n) is 5.70. The largest absolute Gasteiger partial charge is 0.397 e. The summed E-state index contributed by atoms with van der Waals surface area (Å²) >= 11 is 0. The Kier molecular flexibility index (Phi) is 3.32. The molecular formula is C13H15N3O2. The summed E-state index contributed by atoms with van der Waals surface area (Å²) in [5.74, 6) is 0. The summed E-state index contributed by atoms with van der Waals surface area (Å²) in [6.45, 7) is 2.66. The van der Waals surface area contributed by atoms with Crippen molar-refractivity contribution >= 4 is 5.69 Å². The van der Waals surface area contributed by atoms with Crippen molar-refractivity contribution in [1.29, 1.82) is 0 Å². The van der Waals surface area contributed by atoms with Crippen LogP contribution >= 0.6 is 0 Å². The first-order chi connectivity index (χ1) is 8.58. The number of aromatic nitrogens is 2. The van der Waals surface area contributed by atoms with Gasteiger partial charge in [-0.3, -0.25) is 9.59 Å². The van der Waals surface area contributed by atoms with Gasteiger partial charge in [-0.05, 0) is 18.6 Å². The second kappa shape index (κ2) is 4.91. The fourth-order valence-corrected chi connectivity index (χ4v) is 1.72. The maximum Gasteiger partial charge on any atom is 0.250 e. The summed E-state index contributed by atoms with van der Waals surface area (Å²) in [4.78, 5) is 23.2. The van der Waals surface area contributed by atoms with E-state index >= 15 is 0 Å². The number of nitrogens with two attached hydrogens (primary N) is 1. The number of hydrogen-bond donors (Lipinski definition) is 1. The Hall–Kier alpha value is -2.30. The minimum absolute atomic E-state index is 0.0781. The van der Waals surface area contributed by atoms with Gasteiger partial charge in [-0.1, -0.05) is 6.07 Å². The second-order valence-electron chi connectivity index (χ2n) is 4.18. The van der Waals surface area contributed by atoms with Crippen LogP contribution in [0.4, 0.5) is 5.69 Å². The van der Waals surface area contributed by atoms with Gasteiger partial charge in [-0.2, -0.15) is 0 Å². The zero-order valence-corrected chi connectivity index (χ0v) is 10.2. The van der Waals surface area contributed by atoms with E-state index in [4.69, 9.17) is 5.73 Å². The van der Waals surface area contributed by atoms with Crippen LogP contribution in [0.2, 0.25) is 0 Å². The number of anilines is 1. The van der Waals surface area contributed by atoms with Crippen molar-refractivity contribution in [3.8, 4) is 0 Å². The van der Waals surface area contributed by atoms with E-state index in [0.717, 1.165) is 5.56 Å². The van der Waals surface area contributed by atoms with Gasteiger partial charge in [0.15, 0.2) is 0 Å². The van der Waals surface area contributed by atoms with Crippen LogP contribution in [0.3, 0.4) is 0 Å². The molecule has 0 saturated heterocycles. The van der Waals surface area contributed by atoms with Crippen LogP contribution in [0.1, 0.15) is 5.56 Å². The topological polar surface area (TPSA) is 70.0 Å². The molecule has 5 heteroatoms. The molecule has 0 saturated carbocycles. The first kappa shape index (κ1) is 12.2. The summed E-state index contributed by atoms with van der Waals surface area (Å²) in [6, 6.07) is 6.47. The third-order valence-electron chi connectivity index (χ3n) is 2.85. The minimum Gasteiger partial charge on any atom is -0.397 e. The molecule has 0 amide bonds. The van der Waals surface area contributed by atoms with Gasteiger partial charge >= 0.3 is 0 Å². The Bertz CT molecular complexity index is 670. The number of aryl methyl sites for hydroxylation is 3. The standard InChI is InChI=1S/C13H15N3O2/c1-10-8-13(18)16(9-11(10)14)7-6-15-5-3-2-4-12(15)17/h2-5,8-9H,6-7,14H2,1H3. The molecular weight excluding hydrogens is 230 g/mol. The molecule has 0 bridgehead atoms. The van der Waals surface area contributed by atoms with Gasteiger partial charge in [-0.25, -0.2) is 0 Å². The molecule has 0 radical (unpaired) electrons. The molecule has 0 aliphatic heterocycles. The van der Waals surface area contributed by atoms with Gasteiger partial charge in [-0.15, -0.1) is 0 Å². The molecule has 0 aromatic carbocycles. The van der Waals surface area contributed by atoms with Crippen LogP contribution in [0, 0.1) is 6.92 Å².